The molecule has 4 aromatic rings. The molecule has 182 valence electrons. The minimum Gasteiger partial charge on any atom is -0.481 e. The van der Waals surface area contributed by atoms with E-state index >= 15 is 0 Å². The van der Waals surface area contributed by atoms with Gasteiger partial charge < -0.3 is 20.7 Å². The first-order chi connectivity index (χ1) is 17.5. The van der Waals surface area contributed by atoms with Crippen molar-refractivity contribution < 1.29 is 19.5 Å². The Kier molecular flexibility index (Phi) is 6.54. The fourth-order valence-corrected chi connectivity index (χ4v) is 4.89. The molecule has 0 bridgehead atoms. The van der Waals surface area contributed by atoms with Gasteiger partial charge in [0.05, 0.1) is 6.04 Å². The Bertz CT molecular complexity index is 1360. The maximum atomic E-state index is 13.6. The molecule has 0 saturated carbocycles. The van der Waals surface area contributed by atoms with Gasteiger partial charge in [-0.2, -0.15) is 0 Å². The molecule has 7 heteroatoms. The zero-order valence-electron chi connectivity index (χ0n) is 19.7. The van der Waals surface area contributed by atoms with Crippen LogP contribution in [0.4, 0.5) is 0 Å². The van der Waals surface area contributed by atoms with Crippen LogP contribution in [0.5, 0.6) is 0 Å². The number of hydrogen-bond acceptors (Lipinski definition) is 3. The molecule has 36 heavy (non-hydrogen) atoms. The molecular formula is C29H27N3O4. The summed E-state index contributed by atoms with van der Waals surface area (Å²) in [5.74, 6) is -1.91. The van der Waals surface area contributed by atoms with Crippen molar-refractivity contribution in [3.05, 3.63) is 107 Å². The first-order valence-electron chi connectivity index (χ1n) is 12.1. The number of hydrogen-bond donors (Lipinski definition) is 4. The van der Waals surface area contributed by atoms with Crippen molar-refractivity contribution >= 4 is 28.7 Å². The van der Waals surface area contributed by atoms with E-state index < -0.39 is 29.9 Å². The minimum atomic E-state index is -1.03. The second kappa shape index (κ2) is 10.1. The summed E-state index contributed by atoms with van der Waals surface area (Å²) in [6.45, 7) is 0. The highest BCUT2D eigenvalue weighted by Gasteiger charge is 2.29. The lowest BCUT2D eigenvalue weighted by Gasteiger charge is -2.25. The van der Waals surface area contributed by atoms with Crippen LogP contribution in [-0.2, 0) is 22.4 Å². The maximum absolute atomic E-state index is 13.6. The third-order valence-corrected chi connectivity index (χ3v) is 6.73. The van der Waals surface area contributed by atoms with E-state index in [4.69, 9.17) is 0 Å². The highest BCUT2D eigenvalue weighted by molar-refractivity contribution is 6.00. The van der Waals surface area contributed by atoms with E-state index in [1.165, 1.54) is 0 Å². The lowest BCUT2D eigenvalue weighted by Crippen LogP contribution is -2.48. The summed E-state index contributed by atoms with van der Waals surface area (Å²) in [5, 5.41) is 16.0. The van der Waals surface area contributed by atoms with Crippen LogP contribution < -0.4 is 10.6 Å². The van der Waals surface area contributed by atoms with Crippen LogP contribution in [0.25, 0.3) is 10.9 Å². The molecule has 1 aromatic heterocycles. The summed E-state index contributed by atoms with van der Waals surface area (Å²) < 4.78 is 0. The van der Waals surface area contributed by atoms with Crippen LogP contribution >= 0.6 is 0 Å². The van der Waals surface area contributed by atoms with Crippen molar-refractivity contribution in [1.82, 2.24) is 15.6 Å². The number of benzene rings is 3. The number of carbonyl (C=O) groups excluding carboxylic acids is 2. The number of aliphatic carboxylic acids is 1. The first-order valence-corrected chi connectivity index (χ1v) is 12.1. The quantitative estimate of drug-likeness (QED) is 0.318. The Labute approximate surface area is 208 Å². The van der Waals surface area contributed by atoms with Crippen LogP contribution in [0.2, 0.25) is 0 Å². The number of para-hydroxylation sites is 1. The average Bonchev–Trinajstić information content (AvgIpc) is 3.26. The molecule has 1 aliphatic rings. The number of carbonyl (C=O) groups is 3. The number of aromatic nitrogens is 1. The van der Waals surface area contributed by atoms with Gasteiger partial charge >= 0.3 is 5.97 Å². The van der Waals surface area contributed by atoms with Gasteiger partial charge in [-0.1, -0.05) is 66.7 Å². The van der Waals surface area contributed by atoms with Crippen LogP contribution in [0, 0.1) is 0 Å². The highest BCUT2D eigenvalue weighted by atomic mass is 16.4. The Hall–Kier alpha value is -4.39. The lowest BCUT2D eigenvalue weighted by molar-refractivity contribution is -0.137. The highest BCUT2D eigenvalue weighted by Crippen LogP contribution is 2.32. The van der Waals surface area contributed by atoms with Crippen molar-refractivity contribution in [2.75, 3.05) is 0 Å². The van der Waals surface area contributed by atoms with E-state index in [9.17, 15) is 19.5 Å². The summed E-state index contributed by atoms with van der Waals surface area (Å²) in [6, 6.07) is 23.8. The lowest BCUT2D eigenvalue weighted by atomic mass is 9.94. The fourth-order valence-electron chi connectivity index (χ4n) is 4.89. The molecule has 0 fully saturated rings. The van der Waals surface area contributed by atoms with E-state index in [1.54, 1.807) is 6.07 Å². The number of aromatic amines is 1. The van der Waals surface area contributed by atoms with Crippen molar-refractivity contribution in [2.24, 2.45) is 0 Å². The molecule has 0 radical (unpaired) electrons. The number of amides is 2. The Morgan fingerprint density at radius 1 is 0.889 bits per heavy atom. The monoisotopic (exact) mass is 481 g/mol. The predicted molar refractivity (Wildman–Crippen MR) is 137 cm³/mol. The molecule has 2 amide bonds. The number of rotatable bonds is 7. The topological polar surface area (TPSA) is 111 Å². The van der Waals surface area contributed by atoms with Crippen molar-refractivity contribution in [1.29, 1.82) is 0 Å². The zero-order chi connectivity index (χ0) is 25.1. The number of nitrogens with one attached hydrogen (secondary N) is 3. The number of H-pyrrole nitrogens is 1. The van der Waals surface area contributed by atoms with Crippen LogP contribution in [-0.4, -0.2) is 33.9 Å². The summed E-state index contributed by atoms with van der Waals surface area (Å²) in [4.78, 5) is 41.0. The van der Waals surface area contributed by atoms with Gasteiger partial charge in [0, 0.05) is 17.3 Å². The first kappa shape index (κ1) is 23.4. The second-order valence-corrected chi connectivity index (χ2v) is 9.07. The molecule has 0 aliphatic heterocycles. The number of aryl methyl sites for hydroxylation is 2. The fraction of sp³-hybridized carbons (Fsp3) is 0.207. The molecule has 3 aromatic carbocycles. The molecule has 4 N–H and O–H groups in total. The predicted octanol–water partition coefficient (Wildman–Crippen LogP) is 4.14. The van der Waals surface area contributed by atoms with Gasteiger partial charge in [-0.05, 0) is 53.6 Å². The molecule has 1 aliphatic carbocycles. The van der Waals surface area contributed by atoms with Gasteiger partial charge in [0.1, 0.15) is 11.7 Å². The third-order valence-electron chi connectivity index (χ3n) is 6.73. The normalized spacial score (nSPS) is 13.8. The molecule has 5 rings (SSSR count). The molecule has 1 heterocycles. The van der Waals surface area contributed by atoms with Crippen molar-refractivity contribution in [2.45, 2.75) is 37.8 Å². The van der Waals surface area contributed by atoms with E-state index in [0.29, 0.717) is 5.69 Å². The maximum Gasteiger partial charge on any atom is 0.303 e. The van der Waals surface area contributed by atoms with Gasteiger partial charge in [-0.15, -0.1) is 0 Å². The molecule has 1 unspecified atom stereocenters. The SMILES string of the molecule is O=C(O)CCC(NC(=O)c1cc2ccccc2[nH]1)C(=O)NC1c2ccccc2CCc2ccccc21. The number of fused-ring (bicyclic) bond motifs is 3. The molecule has 0 saturated heterocycles. The minimum absolute atomic E-state index is 0.0247. The average molecular weight is 482 g/mol. The van der Waals surface area contributed by atoms with E-state index in [-0.39, 0.29) is 12.8 Å². The second-order valence-electron chi connectivity index (χ2n) is 9.07. The molecule has 0 spiro atoms. The molecule has 1 atom stereocenters. The number of carboxylic acids is 1. The smallest absolute Gasteiger partial charge is 0.303 e. The van der Waals surface area contributed by atoms with Crippen LogP contribution in [0.1, 0.15) is 51.6 Å². The van der Waals surface area contributed by atoms with Gasteiger partial charge in [-0.25, -0.2) is 0 Å². The summed E-state index contributed by atoms with van der Waals surface area (Å²) >= 11 is 0. The van der Waals surface area contributed by atoms with Gasteiger partial charge in [0.25, 0.3) is 5.91 Å². The van der Waals surface area contributed by atoms with Gasteiger partial charge in [0.2, 0.25) is 5.91 Å². The van der Waals surface area contributed by atoms with E-state index in [1.807, 2.05) is 60.7 Å². The summed E-state index contributed by atoms with van der Waals surface area (Å²) in [5.41, 5.74) is 5.45. The van der Waals surface area contributed by atoms with E-state index in [0.717, 1.165) is 46.0 Å². The molecule has 7 nitrogen and oxygen atoms in total. The Balaban J connectivity index is 1.42. The summed E-state index contributed by atoms with van der Waals surface area (Å²) in [7, 11) is 0. The van der Waals surface area contributed by atoms with Gasteiger partial charge in [-0.3, -0.25) is 14.4 Å². The number of carboxylic acid groups (broad SMARTS) is 1. The van der Waals surface area contributed by atoms with Crippen molar-refractivity contribution in [3.8, 4) is 0 Å². The molecular weight excluding hydrogens is 454 g/mol. The Morgan fingerprint density at radius 2 is 1.50 bits per heavy atom. The summed E-state index contributed by atoms with van der Waals surface area (Å²) in [6.07, 6.45) is 1.45. The van der Waals surface area contributed by atoms with Gasteiger partial charge in [0.15, 0.2) is 0 Å². The standard InChI is InChI=1S/C29H27N3O4/c33-26(34)16-15-24(31-29(36)25-17-20-9-3-6-12-23(20)30-25)28(35)32-27-21-10-4-1-7-18(21)13-14-19-8-2-5-11-22(19)27/h1-12,17,24,27,30H,13-16H2,(H,31,36)(H,32,35)(H,33,34). The largest absolute Gasteiger partial charge is 0.481 e. The zero-order valence-corrected chi connectivity index (χ0v) is 19.7. The van der Waals surface area contributed by atoms with E-state index in [2.05, 4.69) is 27.8 Å². The van der Waals surface area contributed by atoms with Crippen LogP contribution in [0.3, 0.4) is 0 Å². The Morgan fingerprint density at radius 3 is 2.14 bits per heavy atom. The van der Waals surface area contributed by atoms with Crippen molar-refractivity contribution in [3.63, 3.8) is 0 Å². The van der Waals surface area contributed by atoms with Crippen LogP contribution in [0.15, 0.2) is 78.9 Å². The third kappa shape index (κ3) is 4.86.